The first kappa shape index (κ1) is 12.5. The van der Waals surface area contributed by atoms with Gasteiger partial charge in [0.05, 0.1) is 12.6 Å². The number of fused-ring (bicyclic) bond motifs is 1. The number of rotatable bonds is 4. The molecule has 4 nitrogen and oxygen atoms in total. The molecular formula is C14H17NO3. The normalized spacial score (nSPS) is 10.8. The number of aromatic nitrogens is 1. The summed E-state index contributed by atoms with van der Waals surface area (Å²) in [5, 5.41) is 9.90. The highest BCUT2D eigenvalue weighted by Crippen LogP contribution is 2.32. The molecule has 1 N–H and O–H groups in total. The minimum Gasteiger partial charge on any atom is -0.495 e. The van der Waals surface area contributed by atoms with E-state index in [4.69, 9.17) is 9.84 Å². The lowest BCUT2D eigenvalue weighted by atomic mass is 10.0. The number of aliphatic carboxylic acids is 1. The van der Waals surface area contributed by atoms with Crippen molar-refractivity contribution in [3.63, 3.8) is 0 Å². The van der Waals surface area contributed by atoms with Crippen molar-refractivity contribution in [2.24, 2.45) is 7.05 Å². The Labute approximate surface area is 106 Å². The van der Waals surface area contributed by atoms with Gasteiger partial charge in [-0.1, -0.05) is 6.07 Å². The van der Waals surface area contributed by atoms with E-state index in [0.717, 1.165) is 27.8 Å². The second-order valence-electron chi connectivity index (χ2n) is 4.47. The maximum atomic E-state index is 10.7. The van der Waals surface area contributed by atoms with Crippen LogP contribution < -0.4 is 4.74 Å². The summed E-state index contributed by atoms with van der Waals surface area (Å²) in [6, 6.07) is 3.95. The SMILES string of the molecule is COc1ccc(C)c2c(CCC(=O)O)cn(C)c12. The van der Waals surface area contributed by atoms with Crippen molar-refractivity contribution < 1.29 is 14.6 Å². The Hall–Kier alpha value is -1.97. The van der Waals surface area contributed by atoms with Gasteiger partial charge in [-0.15, -0.1) is 0 Å². The van der Waals surface area contributed by atoms with Gasteiger partial charge in [-0.25, -0.2) is 0 Å². The number of carboxylic acid groups (broad SMARTS) is 1. The number of carbonyl (C=O) groups is 1. The summed E-state index contributed by atoms with van der Waals surface area (Å²) < 4.78 is 7.36. The van der Waals surface area contributed by atoms with Gasteiger partial charge in [-0.05, 0) is 30.5 Å². The highest BCUT2D eigenvalue weighted by molar-refractivity contribution is 5.92. The monoisotopic (exact) mass is 247 g/mol. The van der Waals surface area contributed by atoms with E-state index < -0.39 is 5.97 Å². The van der Waals surface area contributed by atoms with Gasteiger partial charge in [-0.2, -0.15) is 0 Å². The first-order chi connectivity index (χ1) is 8.54. The highest BCUT2D eigenvalue weighted by atomic mass is 16.5. The zero-order chi connectivity index (χ0) is 13.3. The van der Waals surface area contributed by atoms with Crippen LogP contribution in [0.25, 0.3) is 10.9 Å². The number of hydrogen-bond acceptors (Lipinski definition) is 2. The molecule has 0 saturated carbocycles. The Morgan fingerprint density at radius 2 is 2.17 bits per heavy atom. The predicted molar refractivity (Wildman–Crippen MR) is 70.2 cm³/mol. The number of ether oxygens (including phenoxy) is 1. The molecule has 96 valence electrons. The van der Waals surface area contributed by atoms with Gasteiger partial charge in [0, 0.05) is 25.1 Å². The van der Waals surface area contributed by atoms with Crippen molar-refractivity contribution in [2.75, 3.05) is 7.11 Å². The fourth-order valence-electron chi connectivity index (χ4n) is 2.39. The Morgan fingerprint density at radius 1 is 1.44 bits per heavy atom. The molecule has 0 aliphatic heterocycles. The lowest BCUT2D eigenvalue weighted by molar-refractivity contribution is -0.136. The molecule has 0 aliphatic carbocycles. The smallest absolute Gasteiger partial charge is 0.303 e. The van der Waals surface area contributed by atoms with Gasteiger partial charge in [0.15, 0.2) is 0 Å². The van der Waals surface area contributed by atoms with Gasteiger partial charge in [-0.3, -0.25) is 4.79 Å². The number of carboxylic acids is 1. The van der Waals surface area contributed by atoms with Crippen LogP contribution in [-0.2, 0) is 18.3 Å². The van der Waals surface area contributed by atoms with Crippen molar-refractivity contribution in [3.8, 4) is 5.75 Å². The van der Waals surface area contributed by atoms with E-state index in [1.165, 1.54) is 0 Å². The van der Waals surface area contributed by atoms with Crippen LogP contribution in [0.2, 0.25) is 0 Å². The van der Waals surface area contributed by atoms with Crippen LogP contribution in [0.15, 0.2) is 18.3 Å². The molecule has 18 heavy (non-hydrogen) atoms. The minimum atomic E-state index is -0.771. The molecule has 0 fully saturated rings. The third kappa shape index (κ3) is 2.06. The van der Waals surface area contributed by atoms with Crippen LogP contribution in [0.3, 0.4) is 0 Å². The van der Waals surface area contributed by atoms with Gasteiger partial charge in [0.1, 0.15) is 5.75 Å². The van der Waals surface area contributed by atoms with Crippen molar-refractivity contribution >= 4 is 16.9 Å². The van der Waals surface area contributed by atoms with E-state index >= 15 is 0 Å². The number of methoxy groups -OCH3 is 1. The van der Waals surface area contributed by atoms with E-state index in [1.54, 1.807) is 7.11 Å². The molecule has 1 aromatic heterocycles. The van der Waals surface area contributed by atoms with E-state index in [0.29, 0.717) is 6.42 Å². The van der Waals surface area contributed by atoms with E-state index in [2.05, 4.69) is 0 Å². The Balaban J connectivity index is 2.58. The molecule has 0 amide bonds. The van der Waals surface area contributed by atoms with Gasteiger partial charge < -0.3 is 14.4 Å². The largest absolute Gasteiger partial charge is 0.495 e. The predicted octanol–water partition coefficient (Wildman–Crippen LogP) is 2.51. The summed E-state index contributed by atoms with van der Waals surface area (Å²) in [6.07, 6.45) is 2.68. The van der Waals surface area contributed by atoms with E-state index in [9.17, 15) is 4.79 Å². The molecule has 0 spiro atoms. The second kappa shape index (κ2) is 4.72. The fourth-order valence-corrected chi connectivity index (χ4v) is 2.39. The lowest BCUT2D eigenvalue weighted by Gasteiger charge is -2.07. The summed E-state index contributed by atoms with van der Waals surface area (Å²) in [5.74, 6) is 0.0484. The molecule has 1 heterocycles. The van der Waals surface area contributed by atoms with Crippen LogP contribution in [0, 0.1) is 6.92 Å². The maximum absolute atomic E-state index is 10.7. The van der Waals surface area contributed by atoms with Crippen molar-refractivity contribution in [3.05, 3.63) is 29.5 Å². The second-order valence-corrected chi connectivity index (χ2v) is 4.47. The zero-order valence-electron chi connectivity index (χ0n) is 10.9. The number of hydrogen-bond donors (Lipinski definition) is 1. The van der Waals surface area contributed by atoms with Crippen LogP contribution >= 0.6 is 0 Å². The van der Waals surface area contributed by atoms with Crippen molar-refractivity contribution in [1.82, 2.24) is 4.57 Å². The molecule has 0 atom stereocenters. The molecule has 2 aromatic rings. The average Bonchev–Trinajstić information content (AvgIpc) is 2.66. The van der Waals surface area contributed by atoms with Crippen LogP contribution in [0.4, 0.5) is 0 Å². The lowest BCUT2D eigenvalue weighted by Crippen LogP contribution is -1.97. The molecule has 1 aromatic carbocycles. The Bertz CT molecular complexity index is 599. The molecule has 0 unspecified atom stereocenters. The third-order valence-electron chi connectivity index (χ3n) is 3.20. The highest BCUT2D eigenvalue weighted by Gasteiger charge is 2.14. The van der Waals surface area contributed by atoms with Gasteiger partial charge in [0.2, 0.25) is 0 Å². The molecule has 0 saturated heterocycles. The number of nitrogens with zero attached hydrogens (tertiary/aromatic N) is 1. The Morgan fingerprint density at radius 3 is 2.78 bits per heavy atom. The first-order valence-electron chi connectivity index (χ1n) is 5.88. The topological polar surface area (TPSA) is 51.5 Å². The standard InChI is InChI=1S/C14H17NO3/c1-9-4-6-11(18-3)14-13(9)10(8-15(14)2)5-7-12(16)17/h4,6,8H,5,7H2,1-3H3,(H,16,17). The third-order valence-corrected chi connectivity index (χ3v) is 3.20. The molecular weight excluding hydrogens is 230 g/mol. The molecule has 0 radical (unpaired) electrons. The molecule has 0 aliphatic rings. The van der Waals surface area contributed by atoms with Crippen molar-refractivity contribution in [2.45, 2.75) is 19.8 Å². The van der Waals surface area contributed by atoms with Crippen LogP contribution in [0.1, 0.15) is 17.5 Å². The first-order valence-corrected chi connectivity index (χ1v) is 5.88. The molecule has 0 bridgehead atoms. The number of aryl methyl sites for hydroxylation is 3. The summed E-state index contributed by atoms with van der Waals surface area (Å²) in [7, 11) is 3.60. The summed E-state index contributed by atoms with van der Waals surface area (Å²) in [4.78, 5) is 10.7. The molecule has 2 rings (SSSR count). The molecule has 4 heteroatoms. The van der Waals surface area contributed by atoms with Crippen molar-refractivity contribution in [1.29, 1.82) is 0 Å². The quantitative estimate of drug-likeness (QED) is 0.903. The summed E-state index contributed by atoms with van der Waals surface area (Å²) in [6.45, 7) is 2.03. The van der Waals surface area contributed by atoms with E-state index in [1.807, 2.05) is 36.9 Å². The van der Waals surface area contributed by atoms with Gasteiger partial charge in [0.25, 0.3) is 0 Å². The van der Waals surface area contributed by atoms with Gasteiger partial charge >= 0.3 is 5.97 Å². The van der Waals surface area contributed by atoms with Crippen LogP contribution in [0.5, 0.6) is 5.75 Å². The minimum absolute atomic E-state index is 0.149. The Kier molecular flexibility index (Phi) is 3.28. The number of benzene rings is 1. The van der Waals surface area contributed by atoms with E-state index in [-0.39, 0.29) is 6.42 Å². The average molecular weight is 247 g/mol. The summed E-state index contributed by atoms with van der Waals surface area (Å²) >= 11 is 0. The maximum Gasteiger partial charge on any atom is 0.303 e. The fraction of sp³-hybridized carbons (Fsp3) is 0.357. The van der Waals surface area contributed by atoms with Crippen LogP contribution in [-0.4, -0.2) is 22.8 Å². The zero-order valence-corrected chi connectivity index (χ0v) is 10.9. The summed E-state index contributed by atoms with van der Waals surface area (Å²) in [5.41, 5.74) is 3.23.